The Morgan fingerprint density at radius 2 is 2.00 bits per heavy atom. The van der Waals surface area contributed by atoms with Crippen molar-refractivity contribution in [2.75, 3.05) is 6.54 Å². The Morgan fingerprint density at radius 3 is 2.63 bits per heavy atom. The summed E-state index contributed by atoms with van der Waals surface area (Å²) in [6.07, 6.45) is 1.59. The molecule has 0 bridgehead atoms. The van der Waals surface area contributed by atoms with Gasteiger partial charge in [-0.15, -0.1) is 0 Å². The molecule has 0 aliphatic carbocycles. The van der Waals surface area contributed by atoms with Gasteiger partial charge in [-0.3, -0.25) is 4.79 Å². The maximum Gasteiger partial charge on any atom is 0.219 e. The van der Waals surface area contributed by atoms with E-state index >= 15 is 0 Å². The topological polar surface area (TPSA) is 80.5 Å². The molecule has 104 valence electrons. The number of carbonyl (C=O) groups excluding carboxylic acids is 1. The molecule has 1 heterocycles. The Bertz CT molecular complexity index is 542. The zero-order chi connectivity index (χ0) is 13.9. The van der Waals surface area contributed by atoms with E-state index in [2.05, 4.69) is 0 Å². The standard InChI is InChI=1S/C13H18N2O3S/c14-13(16)9-12-7-4-8-15(12)19(17,18)10-11-5-2-1-3-6-11/h1-3,5-6,12H,4,7-10H2,(H2,14,16)/t12-/m0/s1. The minimum absolute atomic E-state index is 0.0247. The summed E-state index contributed by atoms with van der Waals surface area (Å²) in [6, 6.07) is 8.78. The van der Waals surface area contributed by atoms with E-state index in [-0.39, 0.29) is 18.2 Å². The molecule has 0 saturated carbocycles. The highest BCUT2D eigenvalue weighted by Gasteiger charge is 2.34. The van der Waals surface area contributed by atoms with Crippen LogP contribution in [0.5, 0.6) is 0 Å². The van der Waals surface area contributed by atoms with Gasteiger partial charge in [0.2, 0.25) is 15.9 Å². The lowest BCUT2D eigenvalue weighted by Crippen LogP contribution is -2.38. The first kappa shape index (κ1) is 14.0. The Kier molecular flexibility index (Phi) is 4.21. The van der Waals surface area contributed by atoms with E-state index in [9.17, 15) is 13.2 Å². The first-order valence-electron chi connectivity index (χ1n) is 6.31. The average Bonchev–Trinajstić information content (AvgIpc) is 2.77. The minimum Gasteiger partial charge on any atom is -0.370 e. The van der Waals surface area contributed by atoms with E-state index in [4.69, 9.17) is 5.73 Å². The second kappa shape index (κ2) is 5.71. The summed E-state index contributed by atoms with van der Waals surface area (Å²) >= 11 is 0. The second-order valence-corrected chi connectivity index (χ2v) is 6.74. The summed E-state index contributed by atoms with van der Waals surface area (Å²) in [5.74, 6) is -0.477. The molecule has 1 atom stereocenters. The molecule has 19 heavy (non-hydrogen) atoms. The van der Waals surface area contributed by atoms with Crippen LogP contribution >= 0.6 is 0 Å². The van der Waals surface area contributed by atoms with Crippen molar-refractivity contribution in [2.45, 2.75) is 31.1 Å². The third kappa shape index (κ3) is 3.54. The van der Waals surface area contributed by atoms with E-state index < -0.39 is 15.9 Å². The summed E-state index contributed by atoms with van der Waals surface area (Å²) in [4.78, 5) is 11.0. The van der Waals surface area contributed by atoms with Crippen molar-refractivity contribution < 1.29 is 13.2 Å². The molecule has 0 radical (unpaired) electrons. The minimum atomic E-state index is -3.38. The summed E-state index contributed by atoms with van der Waals surface area (Å²) in [5, 5.41) is 0. The molecule has 1 aliphatic heterocycles. The summed E-state index contributed by atoms with van der Waals surface area (Å²) in [7, 11) is -3.38. The molecule has 1 amide bonds. The van der Waals surface area contributed by atoms with Gasteiger partial charge in [0.05, 0.1) is 5.75 Å². The smallest absolute Gasteiger partial charge is 0.219 e. The molecule has 1 aromatic rings. The highest BCUT2D eigenvalue weighted by molar-refractivity contribution is 7.88. The maximum absolute atomic E-state index is 12.4. The largest absolute Gasteiger partial charge is 0.370 e. The molecule has 1 fully saturated rings. The number of carbonyl (C=O) groups is 1. The number of rotatable bonds is 5. The molecule has 2 N–H and O–H groups in total. The van der Waals surface area contributed by atoms with Gasteiger partial charge in [0.25, 0.3) is 0 Å². The maximum atomic E-state index is 12.4. The fraction of sp³-hybridized carbons (Fsp3) is 0.462. The number of amides is 1. The summed E-state index contributed by atoms with van der Waals surface area (Å²) < 4.78 is 26.2. The highest BCUT2D eigenvalue weighted by atomic mass is 32.2. The van der Waals surface area contributed by atoms with Crippen molar-refractivity contribution in [1.82, 2.24) is 4.31 Å². The molecule has 2 rings (SSSR count). The Hall–Kier alpha value is -1.40. The normalized spacial score (nSPS) is 20.5. The fourth-order valence-electron chi connectivity index (χ4n) is 2.48. The van der Waals surface area contributed by atoms with Crippen molar-refractivity contribution in [3.05, 3.63) is 35.9 Å². The Morgan fingerprint density at radius 1 is 1.32 bits per heavy atom. The van der Waals surface area contributed by atoms with Gasteiger partial charge >= 0.3 is 0 Å². The predicted octanol–water partition coefficient (Wildman–Crippen LogP) is 0.856. The zero-order valence-electron chi connectivity index (χ0n) is 10.7. The fourth-order valence-corrected chi connectivity index (χ4v) is 4.30. The van der Waals surface area contributed by atoms with Crippen LogP contribution in [0.15, 0.2) is 30.3 Å². The lowest BCUT2D eigenvalue weighted by molar-refractivity contribution is -0.118. The molecular formula is C13H18N2O3S. The first-order valence-corrected chi connectivity index (χ1v) is 7.92. The van der Waals surface area contributed by atoms with Crippen molar-refractivity contribution in [2.24, 2.45) is 5.73 Å². The Labute approximate surface area is 113 Å². The number of primary amides is 1. The lowest BCUT2D eigenvalue weighted by atomic mass is 10.1. The number of benzene rings is 1. The first-order chi connectivity index (χ1) is 8.99. The molecule has 1 saturated heterocycles. The molecule has 0 aromatic heterocycles. The van der Waals surface area contributed by atoms with E-state index in [0.29, 0.717) is 13.0 Å². The van der Waals surface area contributed by atoms with Gasteiger partial charge in [-0.2, -0.15) is 4.31 Å². The van der Waals surface area contributed by atoms with Gasteiger partial charge in [0, 0.05) is 19.0 Å². The molecule has 0 spiro atoms. The van der Waals surface area contributed by atoms with Crippen LogP contribution in [0.4, 0.5) is 0 Å². The van der Waals surface area contributed by atoms with Crippen LogP contribution < -0.4 is 5.73 Å². The number of hydrogen-bond donors (Lipinski definition) is 1. The third-order valence-corrected chi connectivity index (χ3v) is 5.20. The monoisotopic (exact) mass is 282 g/mol. The quantitative estimate of drug-likeness (QED) is 0.869. The van der Waals surface area contributed by atoms with Gasteiger partial charge in [-0.1, -0.05) is 30.3 Å². The number of nitrogens with zero attached hydrogens (tertiary/aromatic N) is 1. The van der Waals surface area contributed by atoms with Crippen LogP contribution in [-0.4, -0.2) is 31.2 Å². The average molecular weight is 282 g/mol. The van der Waals surface area contributed by atoms with Gasteiger partial charge in [-0.25, -0.2) is 8.42 Å². The van der Waals surface area contributed by atoms with E-state index in [1.807, 2.05) is 18.2 Å². The predicted molar refractivity (Wildman–Crippen MR) is 72.6 cm³/mol. The number of sulfonamides is 1. The number of nitrogens with two attached hydrogens (primary N) is 1. The van der Waals surface area contributed by atoms with Gasteiger partial charge < -0.3 is 5.73 Å². The summed E-state index contributed by atoms with van der Waals surface area (Å²) in [6.45, 7) is 0.479. The van der Waals surface area contributed by atoms with Gasteiger partial charge in [-0.05, 0) is 18.4 Å². The molecule has 0 unspecified atom stereocenters. The van der Waals surface area contributed by atoms with Crippen molar-refractivity contribution in [1.29, 1.82) is 0 Å². The SMILES string of the molecule is NC(=O)C[C@@H]1CCCN1S(=O)(=O)Cc1ccccc1. The molecule has 1 aromatic carbocycles. The molecule has 5 nitrogen and oxygen atoms in total. The lowest BCUT2D eigenvalue weighted by Gasteiger charge is -2.23. The van der Waals surface area contributed by atoms with Gasteiger partial charge in [0.15, 0.2) is 0 Å². The highest BCUT2D eigenvalue weighted by Crippen LogP contribution is 2.25. The summed E-state index contributed by atoms with van der Waals surface area (Å²) in [5.41, 5.74) is 5.93. The third-order valence-electron chi connectivity index (χ3n) is 3.31. The Balaban J connectivity index is 2.12. The van der Waals surface area contributed by atoms with Crippen LogP contribution in [-0.2, 0) is 20.6 Å². The molecule has 6 heteroatoms. The van der Waals surface area contributed by atoms with Crippen molar-refractivity contribution in [3.63, 3.8) is 0 Å². The van der Waals surface area contributed by atoms with E-state index in [1.54, 1.807) is 12.1 Å². The van der Waals surface area contributed by atoms with Crippen molar-refractivity contribution in [3.8, 4) is 0 Å². The van der Waals surface area contributed by atoms with Crippen LogP contribution in [0.2, 0.25) is 0 Å². The number of hydrogen-bond acceptors (Lipinski definition) is 3. The van der Waals surface area contributed by atoms with Crippen LogP contribution in [0.25, 0.3) is 0 Å². The second-order valence-electron chi connectivity index (χ2n) is 4.82. The molecular weight excluding hydrogens is 264 g/mol. The molecule has 1 aliphatic rings. The van der Waals surface area contributed by atoms with Gasteiger partial charge in [0.1, 0.15) is 0 Å². The zero-order valence-corrected chi connectivity index (χ0v) is 11.5. The van der Waals surface area contributed by atoms with E-state index in [1.165, 1.54) is 4.31 Å². The van der Waals surface area contributed by atoms with Crippen LogP contribution in [0, 0.1) is 0 Å². The van der Waals surface area contributed by atoms with Crippen LogP contribution in [0.3, 0.4) is 0 Å². The van der Waals surface area contributed by atoms with Crippen molar-refractivity contribution >= 4 is 15.9 Å². The van der Waals surface area contributed by atoms with Crippen LogP contribution in [0.1, 0.15) is 24.8 Å². The van der Waals surface area contributed by atoms with E-state index in [0.717, 1.165) is 12.0 Å².